The van der Waals surface area contributed by atoms with E-state index >= 15 is 0 Å². The van der Waals surface area contributed by atoms with Gasteiger partial charge in [-0.25, -0.2) is 4.99 Å². The van der Waals surface area contributed by atoms with Gasteiger partial charge in [-0.05, 0) is 37.0 Å². The minimum atomic E-state index is -0.839. The third-order valence-corrected chi connectivity index (χ3v) is 6.51. The van der Waals surface area contributed by atoms with Gasteiger partial charge in [0.1, 0.15) is 5.78 Å². The third-order valence-electron chi connectivity index (χ3n) is 6.51. The highest BCUT2D eigenvalue weighted by Crippen LogP contribution is 2.43. The maximum absolute atomic E-state index is 13.1. The van der Waals surface area contributed by atoms with Gasteiger partial charge < -0.3 is 14.9 Å². The Bertz CT molecular complexity index is 979. The zero-order valence-corrected chi connectivity index (χ0v) is 18.2. The Kier molecular flexibility index (Phi) is 6.21. The monoisotopic (exact) mass is 422 g/mol. The molecule has 6 nitrogen and oxygen atoms in total. The van der Waals surface area contributed by atoms with Gasteiger partial charge in [-0.2, -0.15) is 0 Å². The fraction of sp³-hybridized carbons (Fsp3) is 0.480. The minimum Gasteiger partial charge on any atom is -0.481 e. The first-order valence-electron chi connectivity index (χ1n) is 11.0. The average Bonchev–Trinajstić information content (AvgIpc) is 3.38. The number of aliphatic imine (C=N–C) groups is 1. The van der Waals surface area contributed by atoms with E-state index in [1.165, 1.54) is 0 Å². The largest absolute Gasteiger partial charge is 0.481 e. The molecule has 0 radical (unpaired) electrons. The van der Waals surface area contributed by atoms with Gasteiger partial charge in [0.25, 0.3) is 0 Å². The predicted octanol–water partition coefficient (Wildman–Crippen LogP) is 3.63. The SMILES string of the molecule is COC1=NCc2cc(CC(=O)C[C@@H](c3ccccc3)C3(O)CCCC3)nc([C@H](C)O)c21. The Morgan fingerprint density at radius 1 is 1.23 bits per heavy atom. The molecule has 2 aromatic rings. The maximum atomic E-state index is 13.1. The number of aliphatic hydroxyl groups is 2. The van der Waals surface area contributed by atoms with Crippen molar-refractivity contribution in [3.63, 3.8) is 0 Å². The topological polar surface area (TPSA) is 92.0 Å². The molecule has 6 heteroatoms. The molecule has 0 spiro atoms. The van der Waals surface area contributed by atoms with Crippen molar-refractivity contribution in [1.82, 2.24) is 4.98 Å². The molecular weight excluding hydrogens is 392 g/mol. The van der Waals surface area contributed by atoms with E-state index in [0.29, 0.717) is 23.8 Å². The number of ether oxygens (including phenoxy) is 1. The number of aliphatic hydroxyl groups excluding tert-OH is 1. The fourth-order valence-electron chi connectivity index (χ4n) is 4.99. The number of carbonyl (C=O) groups excluding carboxylic acids is 1. The van der Waals surface area contributed by atoms with Gasteiger partial charge >= 0.3 is 0 Å². The van der Waals surface area contributed by atoms with Crippen LogP contribution in [-0.4, -0.2) is 39.6 Å². The lowest BCUT2D eigenvalue weighted by Crippen LogP contribution is -2.34. The number of Topliss-reactive ketones (excluding diaryl/α,β-unsaturated/α-hetero) is 1. The Morgan fingerprint density at radius 3 is 2.58 bits per heavy atom. The molecule has 0 saturated heterocycles. The molecule has 0 amide bonds. The number of benzene rings is 1. The molecule has 2 aliphatic rings. The molecule has 2 N–H and O–H groups in total. The van der Waals surface area contributed by atoms with Crippen molar-refractivity contribution in [2.75, 3.05) is 7.11 Å². The van der Waals surface area contributed by atoms with Gasteiger partial charge in [0.15, 0.2) is 0 Å². The summed E-state index contributed by atoms with van der Waals surface area (Å²) in [5.41, 5.74) is 2.93. The van der Waals surface area contributed by atoms with Crippen LogP contribution in [0.5, 0.6) is 0 Å². The first-order chi connectivity index (χ1) is 14.9. The molecular formula is C25H30N2O4. The van der Waals surface area contributed by atoms with Gasteiger partial charge in [0.05, 0.1) is 36.6 Å². The number of methoxy groups -OCH3 is 1. The summed E-state index contributed by atoms with van der Waals surface area (Å²) in [5.74, 6) is 0.283. The van der Waals surface area contributed by atoms with Crippen LogP contribution in [0.2, 0.25) is 0 Å². The number of pyridine rings is 1. The molecule has 1 fully saturated rings. The molecule has 1 aromatic heterocycles. The summed E-state index contributed by atoms with van der Waals surface area (Å²) in [7, 11) is 1.55. The van der Waals surface area contributed by atoms with Crippen LogP contribution in [0.3, 0.4) is 0 Å². The number of nitrogens with zero attached hydrogens (tertiary/aromatic N) is 2. The van der Waals surface area contributed by atoms with Crippen molar-refractivity contribution in [2.45, 2.75) is 69.6 Å². The third kappa shape index (κ3) is 4.41. The minimum absolute atomic E-state index is 0.0315. The number of hydrogen-bond acceptors (Lipinski definition) is 6. The van der Waals surface area contributed by atoms with Crippen molar-refractivity contribution in [1.29, 1.82) is 0 Å². The summed E-state index contributed by atoms with van der Waals surface area (Å²) in [6.45, 7) is 2.11. The first kappa shape index (κ1) is 21.7. The Morgan fingerprint density at radius 2 is 1.94 bits per heavy atom. The number of rotatable bonds is 7. The van der Waals surface area contributed by atoms with Gasteiger partial charge in [0.2, 0.25) is 5.90 Å². The molecule has 31 heavy (non-hydrogen) atoms. The molecule has 2 heterocycles. The Labute approximate surface area is 183 Å². The van der Waals surface area contributed by atoms with Crippen molar-refractivity contribution >= 4 is 11.7 Å². The second-order valence-corrected chi connectivity index (χ2v) is 8.73. The zero-order valence-electron chi connectivity index (χ0n) is 18.2. The van der Waals surface area contributed by atoms with Crippen molar-refractivity contribution in [2.24, 2.45) is 4.99 Å². The fourth-order valence-corrected chi connectivity index (χ4v) is 4.99. The van der Waals surface area contributed by atoms with E-state index < -0.39 is 11.7 Å². The summed E-state index contributed by atoms with van der Waals surface area (Å²) >= 11 is 0. The van der Waals surface area contributed by atoms with Gasteiger partial charge in [-0.1, -0.05) is 43.2 Å². The highest BCUT2D eigenvalue weighted by molar-refractivity contribution is 5.99. The summed E-state index contributed by atoms with van der Waals surface area (Å²) in [4.78, 5) is 22.1. The molecule has 1 aliphatic carbocycles. The van der Waals surface area contributed by atoms with Gasteiger partial charge in [-0.15, -0.1) is 0 Å². The van der Waals surface area contributed by atoms with Crippen LogP contribution < -0.4 is 0 Å². The standard InChI is InChI=1S/C25H30N2O4/c1-16(28)23-22-18(15-26-24(22)31-2)12-19(27-23)13-20(29)14-21(17-8-4-3-5-9-17)25(30)10-6-7-11-25/h3-5,8-9,12,16,21,28,30H,6-7,10-11,13-15H2,1-2H3/t16-,21-/m0/s1. The van der Waals surface area contributed by atoms with Crippen LogP contribution in [0.1, 0.15) is 79.1 Å². The lowest BCUT2D eigenvalue weighted by atomic mass is 9.77. The van der Waals surface area contributed by atoms with E-state index in [0.717, 1.165) is 42.4 Å². The lowest BCUT2D eigenvalue weighted by Gasteiger charge is -2.33. The second-order valence-electron chi connectivity index (χ2n) is 8.73. The predicted molar refractivity (Wildman–Crippen MR) is 118 cm³/mol. The van der Waals surface area contributed by atoms with Crippen LogP contribution in [-0.2, 0) is 22.5 Å². The maximum Gasteiger partial charge on any atom is 0.218 e. The average molecular weight is 423 g/mol. The summed E-state index contributed by atoms with van der Waals surface area (Å²) in [5, 5.41) is 21.5. The molecule has 0 unspecified atom stereocenters. The normalized spacial score (nSPS) is 18.9. The van der Waals surface area contributed by atoms with Crippen molar-refractivity contribution in [3.05, 3.63) is 64.5 Å². The summed E-state index contributed by atoms with van der Waals surface area (Å²) < 4.78 is 5.32. The van der Waals surface area contributed by atoms with E-state index in [9.17, 15) is 15.0 Å². The van der Waals surface area contributed by atoms with Crippen molar-refractivity contribution < 1.29 is 19.7 Å². The van der Waals surface area contributed by atoms with Gasteiger partial charge in [-0.3, -0.25) is 9.78 Å². The molecule has 4 rings (SSSR count). The highest BCUT2D eigenvalue weighted by atomic mass is 16.5. The number of ketones is 1. The van der Waals surface area contributed by atoms with E-state index in [4.69, 9.17) is 4.74 Å². The summed E-state index contributed by atoms with van der Waals surface area (Å²) in [6, 6.07) is 11.7. The molecule has 164 valence electrons. The number of carbonyl (C=O) groups is 1. The van der Waals surface area contributed by atoms with E-state index in [-0.39, 0.29) is 24.5 Å². The van der Waals surface area contributed by atoms with Crippen LogP contribution in [0.4, 0.5) is 0 Å². The highest BCUT2D eigenvalue weighted by Gasteiger charge is 2.41. The quantitative estimate of drug-likeness (QED) is 0.711. The number of hydrogen-bond donors (Lipinski definition) is 2. The van der Waals surface area contributed by atoms with Crippen LogP contribution in [0.25, 0.3) is 0 Å². The summed E-state index contributed by atoms with van der Waals surface area (Å²) in [6.07, 6.45) is 3.05. The lowest BCUT2D eigenvalue weighted by molar-refractivity contribution is -0.120. The Balaban J connectivity index is 1.57. The smallest absolute Gasteiger partial charge is 0.218 e. The van der Waals surface area contributed by atoms with Crippen LogP contribution in [0.15, 0.2) is 41.4 Å². The van der Waals surface area contributed by atoms with E-state index in [2.05, 4.69) is 9.98 Å². The first-order valence-corrected chi connectivity index (χ1v) is 11.0. The van der Waals surface area contributed by atoms with E-state index in [1.54, 1.807) is 14.0 Å². The number of fused-ring (bicyclic) bond motifs is 1. The second kappa shape index (κ2) is 8.89. The van der Waals surface area contributed by atoms with Crippen LogP contribution in [0, 0.1) is 0 Å². The van der Waals surface area contributed by atoms with Crippen LogP contribution >= 0.6 is 0 Å². The number of aromatic nitrogens is 1. The zero-order chi connectivity index (χ0) is 22.0. The Hall–Kier alpha value is -2.57. The molecule has 2 atom stereocenters. The van der Waals surface area contributed by atoms with Gasteiger partial charge in [0, 0.05) is 24.5 Å². The molecule has 0 bridgehead atoms. The molecule has 1 saturated carbocycles. The van der Waals surface area contributed by atoms with Crippen molar-refractivity contribution in [3.8, 4) is 0 Å². The molecule has 1 aromatic carbocycles. The molecule has 1 aliphatic heterocycles. The van der Waals surface area contributed by atoms with E-state index in [1.807, 2.05) is 36.4 Å².